The maximum atomic E-state index is 12.4. The van der Waals surface area contributed by atoms with Crippen LogP contribution in [0.1, 0.15) is 12.0 Å². The Morgan fingerprint density at radius 3 is 2.52 bits per heavy atom. The summed E-state index contributed by atoms with van der Waals surface area (Å²) in [6.07, 6.45) is 3.60. The molecule has 21 heavy (non-hydrogen) atoms. The molecule has 0 bridgehead atoms. The Balaban J connectivity index is 1.69. The number of rotatable bonds is 4. The summed E-state index contributed by atoms with van der Waals surface area (Å²) >= 11 is 0. The molecular weight excluding hydrogens is 266 g/mol. The van der Waals surface area contributed by atoms with Gasteiger partial charge in [0, 0.05) is 18.9 Å². The van der Waals surface area contributed by atoms with Crippen LogP contribution in [0, 0.1) is 0 Å². The molecule has 2 amide bonds. The van der Waals surface area contributed by atoms with Crippen LogP contribution in [-0.2, 0) is 16.1 Å². The molecule has 3 rings (SSSR count). The van der Waals surface area contributed by atoms with E-state index in [1.165, 1.54) is 4.90 Å². The average molecular weight is 281 g/mol. The van der Waals surface area contributed by atoms with Crippen molar-refractivity contribution in [2.45, 2.75) is 19.0 Å². The van der Waals surface area contributed by atoms with E-state index in [2.05, 4.69) is 10.3 Å². The van der Waals surface area contributed by atoms with Crippen LogP contribution in [0.3, 0.4) is 0 Å². The monoisotopic (exact) mass is 281 g/mol. The van der Waals surface area contributed by atoms with Gasteiger partial charge in [0.05, 0.1) is 18.2 Å². The van der Waals surface area contributed by atoms with Crippen molar-refractivity contribution in [1.82, 2.24) is 10.3 Å². The molecule has 1 aliphatic heterocycles. The number of benzene rings is 1. The number of para-hydroxylation sites is 1. The first-order chi connectivity index (χ1) is 10.3. The van der Waals surface area contributed by atoms with E-state index in [0.29, 0.717) is 12.2 Å². The normalized spacial score (nSPS) is 18.3. The Kier molecular flexibility index (Phi) is 3.75. The van der Waals surface area contributed by atoms with Crippen molar-refractivity contribution in [1.29, 1.82) is 0 Å². The Labute approximate surface area is 122 Å². The fourth-order valence-electron chi connectivity index (χ4n) is 2.38. The highest BCUT2D eigenvalue weighted by Gasteiger charge is 2.39. The lowest BCUT2D eigenvalue weighted by Crippen LogP contribution is -2.38. The van der Waals surface area contributed by atoms with Crippen LogP contribution < -0.4 is 10.2 Å². The van der Waals surface area contributed by atoms with Crippen LogP contribution in [-0.4, -0.2) is 22.8 Å². The van der Waals surface area contributed by atoms with Gasteiger partial charge in [-0.1, -0.05) is 18.2 Å². The minimum atomic E-state index is -0.467. The van der Waals surface area contributed by atoms with Crippen LogP contribution in [0.15, 0.2) is 54.9 Å². The first-order valence-electron chi connectivity index (χ1n) is 6.80. The number of pyridine rings is 1. The molecule has 0 aliphatic carbocycles. The molecule has 106 valence electrons. The summed E-state index contributed by atoms with van der Waals surface area (Å²) in [6, 6.07) is 12.3. The second-order valence-electron chi connectivity index (χ2n) is 4.90. The van der Waals surface area contributed by atoms with Gasteiger partial charge in [-0.05, 0) is 29.8 Å². The second kappa shape index (κ2) is 5.85. The summed E-state index contributed by atoms with van der Waals surface area (Å²) < 4.78 is 0. The number of amides is 2. The molecule has 1 aliphatic rings. The average Bonchev–Trinajstić information content (AvgIpc) is 2.81. The van der Waals surface area contributed by atoms with Crippen molar-refractivity contribution in [2.24, 2.45) is 0 Å². The molecule has 1 aromatic carbocycles. The van der Waals surface area contributed by atoms with Gasteiger partial charge >= 0.3 is 0 Å². The smallest absolute Gasteiger partial charge is 0.251 e. The third-order valence-corrected chi connectivity index (χ3v) is 3.46. The summed E-state index contributed by atoms with van der Waals surface area (Å²) in [4.78, 5) is 29.6. The number of carbonyl (C=O) groups excluding carboxylic acids is 2. The van der Waals surface area contributed by atoms with E-state index in [0.717, 1.165) is 5.56 Å². The number of hydrogen-bond donors (Lipinski definition) is 1. The zero-order valence-electron chi connectivity index (χ0n) is 11.4. The highest BCUT2D eigenvalue weighted by atomic mass is 16.2. The molecule has 0 unspecified atom stereocenters. The van der Waals surface area contributed by atoms with Gasteiger partial charge in [0.1, 0.15) is 0 Å². The van der Waals surface area contributed by atoms with Crippen LogP contribution in [0.4, 0.5) is 5.69 Å². The van der Waals surface area contributed by atoms with Crippen LogP contribution in [0.5, 0.6) is 0 Å². The fraction of sp³-hybridized carbons (Fsp3) is 0.188. The Bertz CT molecular complexity index is 643. The van der Waals surface area contributed by atoms with Gasteiger partial charge in [-0.15, -0.1) is 0 Å². The molecule has 0 spiro atoms. The van der Waals surface area contributed by atoms with Gasteiger partial charge in [0.25, 0.3) is 5.91 Å². The Morgan fingerprint density at radius 2 is 1.81 bits per heavy atom. The molecule has 2 aromatic rings. The van der Waals surface area contributed by atoms with Crippen molar-refractivity contribution in [2.75, 3.05) is 4.90 Å². The van der Waals surface area contributed by atoms with Gasteiger partial charge in [0.15, 0.2) is 0 Å². The van der Waals surface area contributed by atoms with Crippen molar-refractivity contribution in [3.8, 4) is 0 Å². The maximum Gasteiger partial charge on any atom is 0.251 e. The van der Waals surface area contributed by atoms with E-state index in [-0.39, 0.29) is 18.2 Å². The third kappa shape index (κ3) is 2.83. The minimum absolute atomic E-state index is 0.168. The number of carbonyl (C=O) groups is 2. The topological polar surface area (TPSA) is 62.3 Å². The van der Waals surface area contributed by atoms with E-state index in [4.69, 9.17) is 0 Å². The lowest BCUT2D eigenvalue weighted by atomic mass is 10.2. The van der Waals surface area contributed by atoms with Crippen molar-refractivity contribution < 1.29 is 9.59 Å². The van der Waals surface area contributed by atoms with E-state index < -0.39 is 6.04 Å². The van der Waals surface area contributed by atoms with E-state index in [1.54, 1.807) is 24.5 Å². The molecule has 1 aromatic heterocycles. The summed E-state index contributed by atoms with van der Waals surface area (Å²) in [5.74, 6) is -0.362. The van der Waals surface area contributed by atoms with Gasteiger partial charge in [-0.25, -0.2) is 4.90 Å². The predicted molar refractivity (Wildman–Crippen MR) is 78.4 cm³/mol. The minimum Gasteiger partial charge on any atom is -0.301 e. The molecule has 0 radical (unpaired) electrons. The maximum absolute atomic E-state index is 12.4. The van der Waals surface area contributed by atoms with Gasteiger partial charge in [0.2, 0.25) is 5.91 Å². The quantitative estimate of drug-likeness (QED) is 0.863. The molecular formula is C16H15N3O2. The van der Waals surface area contributed by atoms with Crippen LogP contribution >= 0.6 is 0 Å². The molecule has 1 atom stereocenters. The summed E-state index contributed by atoms with van der Waals surface area (Å²) in [5.41, 5.74) is 1.66. The molecule has 0 saturated carbocycles. The number of nitrogens with zero attached hydrogens (tertiary/aromatic N) is 2. The zero-order valence-corrected chi connectivity index (χ0v) is 11.4. The van der Waals surface area contributed by atoms with Gasteiger partial charge in [-0.2, -0.15) is 0 Å². The largest absolute Gasteiger partial charge is 0.301 e. The predicted octanol–water partition coefficient (Wildman–Crippen LogP) is 1.50. The summed E-state index contributed by atoms with van der Waals surface area (Å²) in [5, 5.41) is 3.14. The van der Waals surface area contributed by atoms with Gasteiger partial charge < -0.3 is 5.32 Å². The highest BCUT2D eigenvalue weighted by Crippen LogP contribution is 2.22. The van der Waals surface area contributed by atoms with E-state index >= 15 is 0 Å². The van der Waals surface area contributed by atoms with E-state index in [1.807, 2.05) is 30.3 Å². The molecule has 1 N–H and O–H groups in total. The van der Waals surface area contributed by atoms with E-state index in [9.17, 15) is 9.59 Å². The summed E-state index contributed by atoms with van der Waals surface area (Å²) in [6.45, 7) is 0.537. The highest BCUT2D eigenvalue weighted by molar-refractivity contribution is 6.22. The van der Waals surface area contributed by atoms with Crippen molar-refractivity contribution >= 4 is 17.5 Å². The van der Waals surface area contributed by atoms with Crippen LogP contribution in [0.25, 0.3) is 0 Å². The fourth-order valence-corrected chi connectivity index (χ4v) is 2.38. The van der Waals surface area contributed by atoms with Crippen molar-refractivity contribution in [3.63, 3.8) is 0 Å². The van der Waals surface area contributed by atoms with Crippen molar-refractivity contribution in [3.05, 3.63) is 60.4 Å². The number of anilines is 1. The molecule has 5 nitrogen and oxygen atoms in total. The molecule has 5 heteroatoms. The zero-order chi connectivity index (χ0) is 14.7. The number of nitrogens with one attached hydrogen (secondary N) is 1. The number of hydrogen-bond acceptors (Lipinski definition) is 4. The second-order valence-corrected chi connectivity index (χ2v) is 4.90. The standard InChI is InChI=1S/C16H15N3O2/c20-15-10-14(18-11-12-6-8-17-9-7-12)16(21)19(15)13-4-2-1-3-5-13/h1-9,14,18H,10-11H2/t14-/m0/s1. The first-order valence-corrected chi connectivity index (χ1v) is 6.80. The SMILES string of the molecule is O=C1C[C@H](NCc2ccncc2)C(=O)N1c1ccccc1. The molecule has 1 saturated heterocycles. The third-order valence-electron chi connectivity index (χ3n) is 3.46. The molecule has 2 heterocycles. The van der Waals surface area contributed by atoms with Crippen LogP contribution in [0.2, 0.25) is 0 Å². The lowest BCUT2D eigenvalue weighted by Gasteiger charge is -2.15. The first kappa shape index (κ1) is 13.5. The van der Waals surface area contributed by atoms with Gasteiger partial charge in [-0.3, -0.25) is 14.6 Å². The lowest BCUT2D eigenvalue weighted by molar-refractivity contribution is -0.121. The Morgan fingerprint density at radius 1 is 1.10 bits per heavy atom. The Hall–Kier alpha value is -2.53. The summed E-state index contributed by atoms with van der Waals surface area (Å²) in [7, 11) is 0. The number of imide groups is 1. The number of aromatic nitrogens is 1. The molecule has 1 fully saturated rings.